The topological polar surface area (TPSA) is 120 Å². The molecule has 1 aromatic heterocycles. The van der Waals surface area contributed by atoms with Gasteiger partial charge in [0.15, 0.2) is 0 Å². The Bertz CT molecular complexity index is 1080. The summed E-state index contributed by atoms with van der Waals surface area (Å²) in [7, 11) is 0. The van der Waals surface area contributed by atoms with Crippen molar-refractivity contribution in [1.29, 1.82) is 5.26 Å². The second kappa shape index (κ2) is 8.51. The molecule has 168 valence electrons. The molecule has 0 saturated carbocycles. The third kappa shape index (κ3) is 4.52. The number of anilines is 2. The normalized spacial score (nSPS) is 15.9. The number of nitrogen functional groups attached to an aromatic ring is 1. The molecule has 0 spiro atoms. The smallest absolute Gasteiger partial charge is 0.399 e. The van der Waals surface area contributed by atoms with Gasteiger partial charge in [-0.3, -0.25) is 0 Å². The predicted molar refractivity (Wildman–Crippen MR) is 107 cm³/mol. The van der Waals surface area contributed by atoms with Crippen LogP contribution in [-0.4, -0.2) is 52.1 Å². The lowest BCUT2D eigenvalue weighted by atomic mass is 10.1. The molecule has 0 unspecified atom stereocenters. The number of hydrogen-bond donors (Lipinski definition) is 2. The lowest BCUT2D eigenvalue weighted by molar-refractivity contribution is -0.137. The summed E-state index contributed by atoms with van der Waals surface area (Å²) in [5.74, 6) is 0.218. The SMILES string of the molecule is N#Cc1nc2c(c(NCc3cc(N)cc(C(F)(F)F)c3)n1)CN(C(=O)N1CCOCC1)C2. The van der Waals surface area contributed by atoms with Gasteiger partial charge in [-0.05, 0) is 23.8 Å². The minimum absolute atomic E-state index is 0.000147. The lowest BCUT2D eigenvalue weighted by Crippen LogP contribution is -2.46. The molecule has 9 nitrogen and oxygen atoms in total. The number of urea groups is 1. The maximum absolute atomic E-state index is 13.1. The number of carbonyl (C=O) groups excluding carboxylic acids is 1. The van der Waals surface area contributed by atoms with Crippen molar-refractivity contribution in [2.45, 2.75) is 25.8 Å². The van der Waals surface area contributed by atoms with E-state index in [4.69, 9.17) is 10.5 Å². The van der Waals surface area contributed by atoms with Crippen molar-refractivity contribution in [3.63, 3.8) is 0 Å². The van der Waals surface area contributed by atoms with Gasteiger partial charge < -0.3 is 25.6 Å². The summed E-state index contributed by atoms with van der Waals surface area (Å²) >= 11 is 0. The molecule has 0 atom stereocenters. The van der Waals surface area contributed by atoms with E-state index in [1.165, 1.54) is 6.07 Å². The highest BCUT2D eigenvalue weighted by atomic mass is 19.4. The third-order valence-corrected chi connectivity index (χ3v) is 5.24. The predicted octanol–water partition coefficient (Wildman–Crippen LogP) is 2.33. The number of rotatable bonds is 3. The number of alkyl halides is 3. The fourth-order valence-corrected chi connectivity index (χ4v) is 3.71. The molecule has 1 fully saturated rings. The van der Waals surface area contributed by atoms with Crippen molar-refractivity contribution in [2.75, 3.05) is 37.4 Å². The van der Waals surface area contributed by atoms with E-state index in [0.717, 1.165) is 12.1 Å². The molecular formula is C20H20F3N7O2. The molecule has 2 aliphatic rings. The van der Waals surface area contributed by atoms with Crippen molar-refractivity contribution in [1.82, 2.24) is 19.8 Å². The summed E-state index contributed by atoms with van der Waals surface area (Å²) in [5, 5.41) is 12.3. The van der Waals surface area contributed by atoms with Crippen LogP contribution in [0.2, 0.25) is 0 Å². The van der Waals surface area contributed by atoms with Crippen LogP contribution in [0.25, 0.3) is 0 Å². The first-order chi connectivity index (χ1) is 15.2. The van der Waals surface area contributed by atoms with Crippen molar-refractivity contribution in [3.05, 3.63) is 46.4 Å². The first kappa shape index (κ1) is 21.6. The second-order valence-electron chi connectivity index (χ2n) is 7.49. The molecule has 3 N–H and O–H groups in total. The number of carbonyl (C=O) groups is 1. The number of morpholine rings is 1. The average Bonchev–Trinajstić information content (AvgIpc) is 3.20. The van der Waals surface area contributed by atoms with E-state index in [1.807, 2.05) is 6.07 Å². The Balaban J connectivity index is 1.54. The van der Waals surface area contributed by atoms with Crippen LogP contribution in [0.1, 0.15) is 28.2 Å². The van der Waals surface area contributed by atoms with E-state index in [9.17, 15) is 23.2 Å². The van der Waals surface area contributed by atoms with Gasteiger partial charge >= 0.3 is 12.2 Å². The Hall–Kier alpha value is -3.59. The summed E-state index contributed by atoms with van der Waals surface area (Å²) in [5.41, 5.74) is 6.24. The van der Waals surface area contributed by atoms with Crippen LogP contribution in [0.15, 0.2) is 18.2 Å². The number of hydrogen-bond acceptors (Lipinski definition) is 7. The van der Waals surface area contributed by atoms with Gasteiger partial charge in [0.25, 0.3) is 0 Å². The Morgan fingerprint density at radius 2 is 1.94 bits per heavy atom. The van der Waals surface area contributed by atoms with Crippen LogP contribution in [0.5, 0.6) is 0 Å². The molecule has 2 aromatic rings. The summed E-state index contributed by atoms with van der Waals surface area (Å²) in [4.78, 5) is 24.5. The van der Waals surface area contributed by atoms with E-state index in [1.54, 1.807) is 9.80 Å². The molecule has 2 aliphatic heterocycles. The van der Waals surface area contributed by atoms with Crippen molar-refractivity contribution in [3.8, 4) is 6.07 Å². The summed E-state index contributed by atoms with van der Waals surface area (Å²) < 4.78 is 44.5. The van der Waals surface area contributed by atoms with E-state index in [0.29, 0.717) is 48.9 Å². The molecule has 32 heavy (non-hydrogen) atoms. The van der Waals surface area contributed by atoms with Crippen LogP contribution in [0, 0.1) is 11.3 Å². The largest absolute Gasteiger partial charge is 0.416 e. The number of aromatic nitrogens is 2. The number of nitrogens with one attached hydrogen (secondary N) is 1. The van der Waals surface area contributed by atoms with Crippen LogP contribution in [0.3, 0.4) is 0 Å². The Kier molecular flexibility index (Phi) is 5.75. The zero-order valence-corrected chi connectivity index (χ0v) is 16.9. The second-order valence-corrected chi connectivity index (χ2v) is 7.49. The molecule has 1 saturated heterocycles. The summed E-state index contributed by atoms with van der Waals surface area (Å²) in [6.07, 6.45) is -4.52. The van der Waals surface area contributed by atoms with Crippen molar-refractivity contribution in [2.24, 2.45) is 0 Å². The molecule has 3 heterocycles. The number of nitrogens with two attached hydrogens (primary N) is 1. The maximum Gasteiger partial charge on any atom is 0.416 e. The van der Waals surface area contributed by atoms with Crippen LogP contribution in [0.4, 0.5) is 29.5 Å². The highest BCUT2D eigenvalue weighted by Gasteiger charge is 2.33. The van der Waals surface area contributed by atoms with Crippen molar-refractivity contribution < 1.29 is 22.7 Å². The number of fused-ring (bicyclic) bond motifs is 1. The highest BCUT2D eigenvalue weighted by molar-refractivity contribution is 5.76. The van der Waals surface area contributed by atoms with Gasteiger partial charge in [0.05, 0.1) is 37.6 Å². The summed E-state index contributed by atoms with van der Waals surface area (Å²) in [6, 6.07) is 5.02. The number of ether oxygens (including phenoxy) is 1. The maximum atomic E-state index is 13.1. The molecule has 1 aromatic carbocycles. The number of nitrogens with zero attached hydrogens (tertiary/aromatic N) is 5. The Morgan fingerprint density at radius 1 is 1.19 bits per heavy atom. The van der Waals surface area contributed by atoms with E-state index in [2.05, 4.69) is 15.3 Å². The van der Waals surface area contributed by atoms with Crippen LogP contribution in [-0.2, 0) is 30.5 Å². The van der Waals surface area contributed by atoms with Crippen molar-refractivity contribution >= 4 is 17.5 Å². The summed E-state index contributed by atoms with van der Waals surface area (Å²) in [6.45, 7) is 2.36. The molecule has 4 rings (SSSR count). The number of nitriles is 1. The molecule has 0 aliphatic carbocycles. The Labute approximate surface area is 181 Å². The molecule has 0 radical (unpaired) electrons. The van der Waals surface area contributed by atoms with Gasteiger partial charge in [0.1, 0.15) is 11.9 Å². The molecule has 12 heteroatoms. The molecule has 0 bridgehead atoms. The van der Waals surface area contributed by atoms with E-state index < -0.39 is 11.7 Å². The zero-order valence-electron chi connectivity index (χ0n) is 16.9. The van der Waals surface area contributed by atoms with Crippen LogP contribution >= 0.6 is 0 Å². The minimum atomic E-state index is -4.52. The Morgan fingerprint density at radius 3 is 2.62 bits per heavy atom. The van der Waals surface area contributed by atoms with E-state index >= 15 is 0 Å². The standard InChI is InChI=1S/C20H20F3N7O2/c21-20(22,23)13-5-12(6-14(25)7-13)9-26-18-15-10-30(11-16(15)27-17(8-24)28-18)19(31)29-1-3-32-4-2-29/h5-7H,1-4,9-11,25H2,(H,26,27,28). The van der Waals surface area contributed by atoms with Gasteiger partial charge in [0.2, 0.25) is 5.82 Å². The van der Waals surface area contributed by atoms with Gasteiger partial charge in [-0.2, -0.15) is 18.4 Å². The minimum Gasteiger partial charge on any atom is -0.399 e. The van der Waals surface area contributed by atoms with Gasteiger partial charge in [-0.25, -0.2) is 14.8 Å². The lowest BCUT2D eigenvalue weighted by Gasteiger charge is -2.30. The first-order valence-corrected chi connectivity index (χ1v) is 9.86. The number of amides is 2. The fourth-order valence-electron chi connectivity index (χ4n) is 3.71. The molecule has 2 amide bonds. The van der Waals surface area contributed by atoms with E-state index in [-0.39, 0.29) is 37.2 Å². The highest BCUT2D eigenvalue weighted by Crippen LogP contribution is 2.32. The first-order valence-electron chi connectivity index (χ1n) is 9.86. The van der Waals surface area contributed by atoms with Crippen LogP contribution < -0.4 is 11.1 Å². The van der Waals surface area contributed by atoms with Gasteiger partial charge in [-0.15, -0.1) is 0 Å². The monoisotopic (exact) mass is 447 g/mol. The average molecular weight is 447 g/mol. The number of halogens is 3. The fraction of sp³-hybridized carbons (Fsp3) is 0.400. The third-order valence-electron chi connectivity index (χ3n) is 5.24. The molecular weight excluding hydrogens is 427 g/mol. The number of benzene rings is 1. The van der Waals surface area contributed by atoms with Gasteiger partial charge in [0, 0.05) is 30.9 Å². The zero-order chi connectivity index (χ0) is 22.9. The van der Waals surface area contributed by atoms with Gasteiger partial charge in [-0.1, -0.05) is 0 Å². The quantitative estimate of drug-likeness (QED) is 0.693.